The van der Waals surface area contributed by atoms with Gasteiger partial charge < -0.3 is 13.9 Å². The average Bonchev–Trinajstić information content (AvgIpc) is 2.78. The van der Waals surface area contributed by atoms with Crippen LogP contribution in [0.5, 0.6) is 0 Å². The predicted octanol–water partition coefficient (Wildman–Crippen LogP) is 1.52. The number of carbonyl (C=O) groups is 1. The van der Waals surface area contributed by atoms with Crippen LogP contribution in [0.4, 0.5) is 0 Å². The topological polar surface area (TPSA) is 86.7 Å². The van der Waals surface area contributed by atoms with E-state index in [0.717, 1.165) is 19.4 Å². The SMILES string of the molecule is CCCCOCCOCc1cc(C(=O)NN)c(C)o1. The van der Waals surface area contributed by atoms with Crippen molar-refractivity contribution in [3.05, 3.63) is 23.2 Å². The minimum Gasteiger partial charge on any atom is -0.463 e. The number of amides is 1. The molecule has 0 aliphatic heterocycles. The lowest BCUT2D eigenvalue weighted by molar-refractivity contribution is 0.0337. The first-order valence-electron chi connectivity index (χ1n) is 6.44. The fourth-order valence-corrected chi connectivity index (χ4v) is 1.56. The molecule has 1 rings (SSSR count). The molecule has 0 saturated carbocycles. The van der Waals surface area contributed by atoms with Crippen molar-refractivity contribution in [3.63, 3.8) is 0 Å². The fourth-order valence-electron chi connectivity index (χ4n) is 1.56. The van der Waals surface area contributed by atoms with Gasteiger partial charge >= 0.3 is 0 Å². The van der Waals surface area contributed by atoms with Gasteiger partial charge in [0.1, 0.15) is 18.1 Å². The summed E-state index contributed by atoms with van der Waals surface area (Å²) >= 11 is 0. The van der Waals surface area contributed by atoms with Crippen LogP contribution in [0.2, 0.25) is 0 Å². The van der Waals surface area contributed by atoms with E-state index in [1.54, 1.807) is 13.0 Å². The third-order valence-electron chi connectivity index (χ3n) is 2.60. The zero-order valence-electron chi connectivity index (χ0n) is 11.5. The van der Waals surface area contributed by atoms with Crippen molar-refractivity contribution in [1.29, 1.82) is 0 Å². The smallest absolute Gasteiger partial charge is 0.268 e. The van der Waals surface area contributed by atoms with Crippen LogP contribution in [0.25, 0.3) is 0 Å². The Balaban J connectivity index is 2.25. The molecule has 0 atom stereocenters. The summed E-state index contributed by atoms with van der Waals surface area (Å²) in [7, 11) is 0. The van der Waals surface area contributed by atoms with Crippen molar-refractivity contribution in [2.45, 2.75) is 33.3 Å². The van der Waals surface area contributed by atoms with Crippen molar-refractivity contribution in [2.24, 2.45) is 5.84 Å². The average molecular weight is 270 g/mol. The molecule has 108 valence electrons. The number of aryl methyl sites for hydroxylation is 1. The second-order valence-electron chi connectivity index (χ2n) is 4.17. The van der Waals surface area contributed by atoms with E-state index in [9.17, 15) is 4.79 Å². The second kappa shape index (κ2) is 8.68. The Labute approximate surface area is 113 Å². The van der Waals surface area contributed by atoms with E-state index < -0.39 is 0 Å². The van der Waals surface area contributed by atoms with Crippen molar-refractivity contribution >= 4 is 5.91 Å². The van der Waals surface area contributed by atoms with E-state index in [2.05, 4.69) is 12.3 Å². The van der Waals surface area contributed by atoms with Gasteiger partial charge in [0.25, 0.3) is 5.91 Å². The first kappa shape index (κ1) is 15.7. The molecule has 6 nitrogen and oxygen atoms in total. The van der Waals surface area contributed by atoms with Crippen LogP contribution in [0.1, 0.15) is 41.6 Å². The summed E-state index contributed by atoms with van der Waals surface area (Å²) in [5.41, 5.74) is 2.50. The third kappa shape index (κ3) is 5.42. The first-order valence-corrected chi connectivity index (χ1v) is 6.44. The number of furan rings is 1. The number of unbranched alkanes of at least 4 members (excludes halogenated alkanes) is 1. The molecule has 0 aliphatic carbocycles. The minimum absolute atomic E-state index is 0.315. The molecule has 1 heterocycles. The Morgan fingerprint density at radius 3 is 2.79 bits per heavy atom. The molecule has 1 aromatic heterocycles. The largest absolute Gasteiger partial charge is 0.463 e. The van der Waals surface area contributed by atoms with Gasteiger partial charge in [0, 0.05) is 6.61 Å². The van der Waals surface area contributed by atoms with Crippen LogP contribution in [-0.2, 0) is 16.1 Å². The van der Waals surface area contributed by atoms with Gasteiger partial charge in [-0.1, -0.05) is 13.3 Å². The Morgan fingerprint density at radius 2 is 2.11 bits per heavy atom. The fraction of sp³-hybridized carbons (Fsp3) is 0.615. The van der Waals surface area contributed by atoms with Crippen LogP contribution in [-0.4, -0.2) is 25.7 Å². The monoisotopic (exact) mass is 270 g/mol. The molecular formula is C13H22N2O4. The van der Waals surface area contributed by atoms with Crippen molar-refractivity contribution in [1.82, 2.24) is 5.43 Å². The van der Waals surface area contributed by atoms with Crippen LogP contribution in [0, 0.1) is 6.92 Å². The molecule has 3 N–H and O–H groups in total. The molecule has 1 amide bonds. The van der Waals surface area contributed by atoms with Crippen LogP contribution < -0.4 is 11.3 Å². The lowest BCUT2D eigenvalue weighted by atomic mass is 10.2. The van der Waals surface area contributed by atoms with Gasteiger partial charge in [0.2, 0.25) is 0 Å². The molecule has 1 aromatic rings. The summed E-state index contributed by atoms with van der Waals surface area (Å²) in [6, 6.07) is 1.63. The van der Waals surface area contributed by atoms with E-state index in [1.165, 1.54) is 0 Å². The summed E-state index contributed by atoms with van der Waals surface area (Å²) in [6.07, 6.45) is 2.19. The number of nitrogens with two attached hydrogens (primary N) is 1. The molecule has 0 unspecified atom stereocenters. The molecule has 0 spiro atoms. The number of nitrogens with one attached hydrogen (secondary N) is 1. The molecule has 0 aliphatic rings. The highest BCUT2D eigenvalue weighted by Gasteiger charge is 2.13. The number of carbonyl (C=O) groups excluding carboxylic acids is 1. The van der Waals surface area contributed by atoms with Gasteiger partial charge in [-0.05, 0) is 19.4 Å². The zero-order valence-corrected chi connectivity index (χ0v) is 11.5. The van der Waals surface area contributed by atoms with E-state index in [-0.39, 0.29) is 5.91 Å². The lowest BCUT2D eigenvalue weighted by Crippen LogP contribution is -2.30. The number of nitrogen functional groups attached to an aromatic ring is 1. The maximum absolute atomic E-state index is 11.4. The molecular weight excluding hydrogens is 248 g/mol. The molecule has 0 bridgehead atoms. The van der Waals surface area contributed by atoms with Crippen molar-refractivity contribution < 1.29 is 18.7 Å². The molecule has 6 heteroatoms. The number of hydrogen-bond donors (Lipinski definition) is 2. The highest BCUT2D eigenvalue weighted by atomic mass is 16.5. The van der Waals surface area contributed by atoms with E-state index >= 15 is 0 Å². The van der Waals surface area contributed by atoms with Crippen LogP contribution in [0.15, 0.2) is 10.5 Å². The number of rotatable bonds is 9. The maximum atomic E-state index is 11.4. The van der Waals surface area contributed by atoms with Gasteiger partial charge in [-0.2, -0.15) is 0 Å². The number of hydrogen-bond acceptors (Lipinski definition) is 5. The third-order valence-corrected chi connectivity index (χ3v) is 2.60. The van der Waals surface area contributed by atoms with Crippen molar-refractivity contribution in [2.75, 3.05) is 19.8 Å². The number of hydrazine groups is 1. The van der Waals surface area contributed by atoms with E-state index in [4.69, 9.17) is 19.7 Å². The second-order valence-corrected chi connectivity index (χ2v) is 4.17. The lowest BCUT2D eigenvalue weighted by Gasteiger charge is -2.03. The van der Waals surface area contributed by atoms with E-state index in [0.29, 0.717) is 36.9 Å². The summed E-state index contributed by atoms with van der Waals surface area (Å²) in [4.78, 5) is 11.4. The molecule has 19 heavy (non-hydrogen) atoms. The maximum Gasteiger partial charge on any atom is 0.268 e. The van der Waals surface area contributed by atoms with Gasteiger partial charge in [-0.15, -0.1) is 0 Å². The van der Waals surface area contributed by atoms with Crippen LogP contribution >= 0.6 is 0 Å². The standard InChI is InChI=1S/C13H22N2O4/c1-3-4-5-17-6-7-18-9-11-8-12(10(2)19-11)13(16)15-14/h8H,3-7,9,14H2,1-2H3,(H,15,16). The molecule has 0 radical (unpaired) electrons. The predicted molar refractivity (Wildman–Crippen MR) is 70.5 cm³/mol. The minimum atomic E-state index is -0.365. The highest BCUT2D eigenvalue weighted by Crippen LogP contribution is 2.15. The van der Waals surface area contributed by atoms with Gasteiger partial charge in [-0.25, -0.2) is 5.84 Å². The van der Waals surface area contributed by atoms with Gasteiger partial charge in [0.15, 0.2) is 0 Å². The Kier molecular flexibility index (Phi) is 7.17. The summed E-state index contributed by atoms with van der Waals surface area (Å²) in [6.45, 7) is 5.98. The molecule has 0 fully saturated rings. The summed E-state index contributed by atoms with van der Waals surface area (Å²) < 4.78 is 16.2. The normalized spacial score (nSPS) is 10.7. The van der Waals surface area contributed by atoms with Crippen molar-refractivity contribution in [3.8, 4) is 0 Å². The molecule has 0 aromatic carbocycles. The van der Waals surface area contributed by atoms with Gasteiger partial charge in [0.05, 0.1) is 18.8 Å². The quantitative estimate of drug-likeness (QED) is 0.307. The summed E-state index contributed by atoms with van der Waals surface area (Å²) in [5, 5.41) is 0. The Hall–Kier alpha value is -1.37. The van der Waals surface area contributed by atoms with E-state index in [1.807, 2.05) is 0 Å². The Morgan fingerprint density at radius 1 is 1.37 bits per heavy atom. The first-order chi connectivity index (χ1) is 9.19. The van der Waals surface area contributed by atoms with Gasteiger partial charge in [-0.3, -0.25) is 10.2 Å². The highest BCUT2D eigenvalue weighted by molar-refractivity contribution is 5.94. The Bertz CT molecular complexity index is 390. The zero-order chi connectivity index (χ0) is 14.1. The molecule has 0 saturated heterocycles. The number of ether oxygens (including phenoxy) is 2. The van der Waals surface area contributed by atoms with Crippen LogP contribution in [0.3, 0.4) is 0 Å². The summed E-state index contributed by atoms with van der Waals surface area (Å²) in [5.74, 6) is 5.84.